The maximum atomic E-state index is 11.9. The van der Waals surface area contributed by atoms with Crippen LogP contribution in [0.5, 0.6) is 0 Å². The summed E-state index contributed by atoms with van der Waals surface area (Å²) in [6, 6.07) is 0. The van der Waals surface area contributed by atoms with E-state index in [0.29, 0.717) is 11.8 Å². The third kappa shape index (κ3) is 6.41. The van der Waals surface area contributed by atoms with Gasteiger partial charge in [-0.05, 0) is 40.0 Å². The third-order valence-corrected chi connectivity index (χ3v) is 4.09. The SMILES string of the molecule is CC[C@H](CCCCl)/C(=N/[S@](=O)C(C)(C)C)OC. The molecule has 0 rings (SSSR count). The second-order valence-corrected chi connectivity index (χ2v) is 7.22. The van der Waals surface area contributed by atoms with Gasteiger partial charge in [0, 0.05) is 11.8 Å². The average molecular weight is 282 g/mol. The maximum Gasteiger partial charge on any atom is 0.200 e. The molecule has 0 N–H and O–H groups in total. The summed E-state index contributed by atoms with van der Waals surface area (Å²) in [5, 5.41) is 0. The van der Waals surface area contributed by atoms with Gasteiger partial charge in [-0.2, -0.15) is 4.40 Å². The summed E-state index contributed by atoms with van der Waals surface area (Å²) in [5.41, 5.74) is 0. The molecule has 0 aliphatic rings. The minimum absolute atomic E-state index is 0.213. The quantitative estimate of drug-likeness (QED) is 0.424. The zero-order valence-electron chi connectivity index (χ0n) is 11.5. The Morgan fingerprint density at radius 3 is 2.41 bits per heavy atom. The van der Waals surface area contributed by atoms with Crippen LogP contribution in [0.1, 0.15) is 47.0 Å². The van der Waals surface area contributed by atoms with E-state index in [-0.39, 0.29) is 10.7 Å². The van der Waals surface area contributed by atoms with Gasteiger partial charge in [-0.1, -0.05) is 6.92 Å². The van der Waals surface area contributed by atoms with Crippen molar-refractivity contribution in [3.63, 3.8) is 0 Å². The van der Waals surface area contributed by atoms with Crippen molar-refractivity contribution in [3.05, 3.63) is 0 Å². The molecule has 0 radical (unpaired) electrons. The van der Waals surface area contributed by atoms with Crippen LogP contribution in [-0.2, 0) is 15.7 Å². The molecule has 0 saturated heterocycles. The molecule has 5 heteroatoms. The fraction of sp³-hybridized carbons (Fsp3) is 0.917. The second kappa shape index (κ2) is 8.09. The smallest absolute Gasteiger partial charge is 0.200 e. The number of ether oxygens (including phenoxy) is 1. The fourth-order valence-corrected chi connectivity index (χ4v) is 2.14. The summed E-state index contributed by atoms with van der Waals surface area (Å²) in [4.78, 5) is 0. The van der Waals surface area contributed by atoms with Crippen LogP contribution in [-0.4, -0.2) is 27.8 Å². The topological polar surface area (TPSA) is 38.7 Å². The zero-order valence-corrected chi connectivity index (χ0v) is 13.0. The second-order valence-electron chi connectivity index (χ2n) is 4.93. The van der Waals surface area contributed by atoms with Gasteiger partial charge in [0.25, 0.3) is 0 Å². The molecule has 2 atom stereocenters. The Bertz CT molecular complexity index is 274. The Hall–Kier alpha value is -0.0900. The molecule has 0 saturated carbocycles. The molecule has 0 unspecified atom stereocenters. The molecule has 102 valence electrons. The van der Waals surface area contributed by atoms with E-state index in [1.807, 2.05) is 20.8 Å². The summed E-state index contributed by atoms with van der Waals surface area (Å²) in [5.74, 6) is 1.44. The van der Waals surface area contributed by atoms with Gasteiger partial charge in [0.15, 0.2) is 5.90 Å². The Morgan fingerprint density at radius 2 is 2.06 bits per heavy atom. The van der Waals surface area contributed by atoms with Crippen LogP contribution in [0.25, 0.3) is 0 Å². The van der Waals surface area contributed by atoms with Crippen LogP contribution >= 0.6 is 11.6 Å². The third-order valence-electron chi connectivity index (χ3n) is 2.43. The van der Waals surface area contributed by atoms with E-state index in [1.165, 1.54) is 0 Å². The highest BCUT2D eigenvalue weighted by Crippen LogP contribution is 2.18. The van der Waals surface area contributed by atoms with E-state index < -0.39 is 11.0 Å². The Morgan fingerprint density at radius 1 is 1.47 bits per heavy atom. The monoisotopic (exact) mass is 281 g/mol. The summed E-state index contributed by atoms with van der Waals surface area (Å²) in [7, 11) is 0.320. The van der Waals surface area contributed by atoms with Crippen molar-refractivity contribution in [2.75, 3.05) is 13.0 Å². The van der Waals surface area contributed by atoms with Gasteiger partial charge in [-0.15, -0.1) is 11.6 Å². The zero-order chi connectivity index (χ0) is 13.5. The molecule has 0 aromatic rings. The van der Waals surface area contributed by atoms with Crippen molar-refractivity contribution >= 4 is 28.5 Å². The molecule has 0 heterocycles. The minimum atomic E-state index is -1.27. The molecule has 0 aromatic heterocycles. The first-order valence-electron chi connectivity index (χ1n) is 5.97. The first-order chi connectivity index (χ1) is 7.86. The summed E-state index contributed by atoms with van der Waals surface area (Å²) < 4.78 is 21.1. The van der Waals surface area contributed by atoms with Gasteiger partial charge in [0.1, 0.15) is 11.0 Å². The van der Waals surface area contributed by atoms with E-state index >= 15 is 0 Å². The Balaban J connectivity index is 4.78. The van der Waals surface area contributed by atoms with E-state index in [2.05, 4.69) is 11.3 Å². The largest absolute Gasteiger partial charge is 0.483 e. The standard InChI is InChI=1S/C12H24ClNO2S/c1-6-10(8-7-9-13)11(16-5)14-17(15)12(2,3)4/h10H,6-9H2,1-5H3/b14-11-/t10-,17-/m1/s1. The van der Waals surface area contributed by atoms with Crippen LogP contribution in [0.2, 0.25) is 0 Å². The first-order valence-corrected chi connectivity index (χ1v) is 7.61. The van der Waals surface area contributed by atoms with Crippen molar-refractivity contribution < 1.29 is 8.95 Å². The Kier molecular flexibility index (Phi) is 8.05. The van der Waals surface area contributed by atoms with Crippen LogP contribution in [0.3, 0.4) is 0 Å². The molecule has 0 amide bonds. The molecular weight excluding hydrogens is 258 g/mol. The lowest BCUT2D eigenvalue weighted by atomic mass is 10.0. The molecule has 0 aromatic carbocycles. The normalized spacial score (nSPS) is 16.7. The first kappa shape index (κ1) is 16.9. The fourth-order valence-electron chi connectivity index (χ4n) is 1.32. The van der Waals surface area contributed by atoms with Crippen molar-refractivity contribution in [3.8, 4) is 0 Å². The van der Waals surface area contributed by atoms with Crippen LogP contribution in [0.4, 0.5) is 0 Å². The van der Waals surface area contributed by atoms with E-state index in [0.717, 1.165) is 19.3 Å². The van der Waals surface area contributed by atoms with E-state index in [4.69, 9.17) is 16.3 Å². The number of hydrogen-bond acceptors (Lipinski definition) is 2. The van der Waals surface area contributed by atoms with Gasteiger partial charge < -0.3 is 4.74 Å². The molecule has 0 fully saturated rings. The number of halogens is 1. The molecule has 0 spiro atoms. The van der Waals surface area contributed by atoms with Crippen LogP contribution in [0.15, 0.2) is 4.40 Å². The van der Waals surface area contributed by atoms with Crippen molar-refractivity contribution in [1.82, 2.24) is 0 Å². The predicted octanol–water partition coefficient (Wildman–Crippen LogP) is 3.54. The molecule has 0 bridgehead atoms. The van der Waals surface area contributed by atoms with Gasteiger partial charge in [0.2, 0.25) is 0 Å². The van der Waals surface area contributed by atoms with Crippen LogP contribution < -0.4 is 0 Å². The van der Waals surface area contributed by atoms with Crippen molar-refractivity contribution in [1.29, 1.82) is 0 Å². The highest BCUT2D eigenvalue weighted by Gasteiger charge is 2.22. The Labute approximate surface area is 113 Å². The molecule has 0 aliphatic heterocycles. The number of rotatable bonds is 6. The lowest BCUT2D eigenvalue weighted by Gasteiger charge is -2.18. The maximum absolute atomic E-state index is 11.9. The molecule has 3 nitrogen and oxygen atoms in total. The highest BCUT2D eigenvalue weighted by molar-refractivity contribution is 7.85. The van der Waals surface area contributed by atoms with Gasteiger partial charge in [-0.25, -0.2) is 4.21 Å². The summed E-state index contributed by atoms with van der Waals surface area (Å²) in [6.45, 7) is 7.78. The van der Waals surface area contributed by atoms with Gasteiger partial charge >= 0.3 is 0 Å². The van der Waals surface area contributed by atoms with Gasteiger partial charge in [-0.3, -0.25) is 0 Å². The predicted molar refractivity (Wildman–Crippen MR) is 76.1 cm³/mol. The highest BCUT2D eigenvalue weighted by atomic mass is 35.5. The van der Waals surface area contributed by atoms with Gasteiger partial charge in [0.05, 0.1) is 11.9 Å². The van der Waals surface area contributed by atoms with Crippen molar-refractivity contribution in [2.45, 2.75) is 51.7 Å². The number of alkyl halides is 1. The molecule has 17 heavy (non-hydrogen) atoms. The van der Waals surface area contributed by atoms with Crippen LogP contribution in [0, 0.1) is 5.92 Å². The number of nitrogens with zero attached hydrogens (tertiary/aromatic N) is 1. The molecule has 0 aliphatic carbocycles. The summed E-state index contributed by atoms with van der Waals surface area (Å²) >= 11 is 5.69. The minimum Gasteiger partial charge on any atom is -0.483 e. The summed E-state index contributed by atoms with van der Waals surface area (Å²) in [6.07, 6.45) is 2.77. The lowest BCUT2D eigenvalue weighted by molar-refractivity contribution is 0.356. The van der Waals surface area contributed by atoms with E-state index in [9.17, 15) is 4.21 Å². The van der Waals surface area contributed by atoms with Crippen molar-refractivity contribution in [2.24, 2.45) is 10.3 Å². The number of methoxy groups -OCH3 is 1. The average Bonchev–Trinajstić information content (AvgIpc) is 2.26. The lowest BCUT2D eigenvalue weighted by Crippen LogP contribution is -2.24. The number of hydrogen-bond donors (Lipinski definition) is 0. The van der Waals surface area contributed by atoms with E-state index in [1.54, 1.807) is 7.11 Å². The molecular formula is C12H24ClNO2S.